The molecule has 2 heterocycles. The van der Waals surface area contributed by atoms with E-state index in [4.69, 9.17) is 0 Å². The Kier molecular flexibility index (Phi) is 2.72. The highest BCUT2D eigenvalue weighted by molar-refractivity contribution is 5.14. The van der Waals surface area contributed by atoms with Crippen molar-refractivity contribution in [2.24, 2.45) is 11.8 Å². The maximum Gasteiger partial charge on any atom is 0.115 e. The number of fused-ring (bicyclic) bond motifs is 1. The van der Waals surface area contributed by atoms with Gasteiger partial charge in [0, 0.05) is 18.6 Å². The summed E-state index contributed by atoms with van der Waals surface area (Å²) in [5, 5.41) is 9.18. The second-order valence-corrected chi connectivity index (χ2v) is 5.42. The van der Waals surface area contributed by atoms with Gasteiger partial charge < -0.3 is 0 Å². The summed E-state index contributed by atoms with van der Waals surface area (Å²) in [6.07, 6.45) is 1.74. The molecule has 2 aliphatic rings. The molecule has 2 nitrogen and oxygen atoms in total. The van der Waals surface area contributed by atoms with Gasteiger partial charge in [-0.3, -0.25) is 4.90 Å². The molecule has 0 amide bonds. The van der Waals surface area contributed by atoms with Gasteiger partial charge in [0.1, 0.15) is 6.17 Å². The maximum atomic E-state index is 13.5. The van der Waals surface area contributed by atoms with Gasteiger partial charge in [-0.15, -0.1) is 0 Å². The fraction of sp³-hybridized carbons (Fsp3) is 0.917. The minimum Gasteiger partial charge on any atom is -0.293 e. The summed E-state index contributed by atoms with van der Waals surface area (Å²) < 4.78 is 13.5. The van der Waals surface area contributed by atoms with Gasteiger partial charge in [-0.25, -0.2) is 4.39 Å². The van der Waals surface area contributed by atoms with E-state index in [-0.39, 0.29) is 11.5 Å². The van der Waals surface area contributed by atoms with Crippen molar-refractivity contribution >= 4 is 0 Å². The molecule has 3 atom stereocenters. The smallest absolute Gasteiger partial charge is 0.115 e. The van der Waals surface area contributed by atoms with Crippen LogP contribution < -0.4 is 0 Å². The Morgan fingerprint density at radius 3 is 2.93 bits per heavy atom. The van der Waals surface area contributed by atoms with Crippen LogP contribution in [0.2, 0.25) is 0 Å². The quantitative estimate of drug-likeness (QED) is 0.699. The highest BCUT2D eigenvalue weighted by atomic mass is 19.1. The molecule has 2 rings (SSSR count). The summed E-state index contributed by atoms with van der Waals surface area (Å²) in [5.74, 6) is 0.576. The summed E-state index contributed by atoms with van der Waals surface area (Å²) in [5.41, 5.74) is -0.137. The molecule has 0 aromatic rings. The van der Waals surface area contributed by atoms with Crippen molar-refractivity contribution in [3.63, 3.8) is 0 Å². The summed E-state index contributed by atoms with van der Waals surface area (Å²) in [6.45, 7) is 5.77. The largest absolute Gasteiger partial charge is 0.293 e. The van der Waals surface area contributed by atoms with Crippen LogP contribution in [0.3, 0.4) is 0 Å². The van der Waals surface area contributed by atoms with Gasteiger partial charge >= 0.3 is 0 Å². The molecular formula is C12H19FN2. The number of nitriles is 1. The number of alkyl halides is 1. The Labute approximate surface area is 91.1 Å². The van der Waals surface area contributed by atoms with Crippen LogP contribution in [0.5, 0.6) is 0 Å². The number of rotatable bonds is 2. The molecule has 3 heteroatoms. The minimum atomic E-state index is -0.722. The molecule has 2 fully saturated rings. The average Bonchev–Trinajstić information content (AvgIpc) is 2.56. The Hall–Kier alpha value is -0.620. The first-order chi connectivity index (χ1) is 7.08. The lowest BCUT2D eigenvalue weighted by Gasteiger charge is -2.35. The summed E-state index contributed by atoms with van der Waals surface area (Å²) >= 11 is 0. The van der Waals surface area contributed by atoms with Crippen molar-refractivity contribution in [1.29, 1.82) is 5.26 Å². The van der Waals surface area contributed by atoms with Crippen LogP contribution >= 0.6 is 0 Å². The van der Waals surface area contributed by atoms with E-state index >= 15 is 0 Å². The van der Waals surface area contributed by atoms with E-state index in [1.165, 1.54) is 0 Å². The van der Waals surface area contributed by atoms with Crippen LogP contribution in [0.1, 0.15) is 33.1 Å². The van der Waals surface area contributed by atoms with Crippen molar-refractivity contribution in [3.8, 4) is 6.07 Å². The third-order valence-electron chi connectivity index (χ3n) is 3.88. The molecule has 0 aromatic heterocycles. The Bertz CT molecular complexity index is 284. The summed E-state index contributed by atoms with van der Waals surface area (Å²) in [4.78, 5) is 2.23. The molecule has 0 spiro atoms. The lowest BCUT2D eigenvalue weighted by atomic mass is 9.78. The molecule has 0 saturated carbocycles. The highest BCUT2D eigenvalue weighted by Gasteiger charge is 2.54. The average molecular weight is 210 g/mol. The van der Waals surface area contributed by atoms with Crippen molar-refractivity contribution < 1.29 is 4.39 Å². The second-order valence-electron chi connectivity index (χ2n) is 5.42. The zero-order valence-electron chi connectivity index (χ0n) is 9.54. The van der Waals surface area contributed by atoms with Crippen LogP contribution in [0.4, 0.5) is 4.39 Å². The van der Waals surface area contributed by atoms with Crippen molar-refractivity contribution in [2.45, 2.75) is 44.8 Å². The van der Waals surface area contributed by atoms with Crippen LogP contribution in [0, 0.1) is 23.2 Å². The van der Waals surface area contributed by atoms with Crippen LogP contribution in [-0.4, -0.2) is 29.7 Å². The van der Waals surface area contributed by atoms with E-state index in [0.29, 0.717) is 18.9 Å². The molecule has 0 aromatic carbocycles. The molecule has 0 radical (unpaired) electrons. The molecule has 0 N–H and O–H groups in total. The lowest BCUT2D eigenvalue weighted by molar-refractivity contribution is 0.140. The Morgan fingerprint density at radius 1 is 1.60 bits per heavy atom. The third kappa shape index (κ3) is 1.65. The van der Waals surface area contributed by atoms with Gasteiger partial charge in [0.15, 0.2) is 0 Å². The predicted octanol–water partition coefficient (Wildman–Crippen LogP) is 2.36. The molecule has 2 aliphatic heterocycles. The van der Waals surface area contributed by atoms with Crippen LogP contribution in [-0.2, 0) is 0 Å². The van der Waals surface area contributed by atoms with Gasteiger partial charge in [0.2, 0.25) is 0 Å². The highest BCUT2D eigenvalue weighted by Crippen LogP contribution is 2.47. The molecule has 0 unspecified atom stereocenters. The van der Waals surface area contributed by atoms with E-state index in [1.54, 1.807) is 0 Å². The van der Waals surface area contributed by atoms with Crippen molar-refractivity contribution in [3.05, 3.63) is 0 Å². The van der Waals surface area contributed by atoms with E-state index in [9.17, 15) is 9.65 Å². The SMILES string of the molecule is CC(C)C[C@]12C[C@@H](F)CN1CC[C@@H]2C#N. The lowest BCUT2D eigenvalue weighted by Crippen LogP contribution is -2.43. The second kappa shape index (κ2) is 3.75. The molecule has 2 saturated heterocycles. The number of hydrogen-bond acceptors (Lipinski definition) is 2. The predicted molar refractivity (Wildman–Crippen MR) is 57.0 cm³/mol. The van der Waals surface area contributed by atoms with E-state index < -0.39 is 6.17 Å². The van der Waals surface area contributed by atoms with Gasteiger partial charge in [-0.1, -0.05) is 13.8 Å². The fourth-order valence-corrected chi connectivity index (χ4v) is 3.47. The zero-order chi connectivity index (χ0) is 11.1. The topological polar surface area (TPSA) is 27.0 Å². The van der Waals surface area contributed by atoms with Crippen LogP contribution in [0.25, 0.3) is 0 Å². The number of hydrogen-bond donors (Lipinski definition) is 0. The molecule has 0 aliphatic carbocycles. The summed E-state index contributed by atoms with van der Waals surface area (Å²) in [6, 6.07) is 2.39. The van der Waals surface area contributed by atoms with E-state index in [1.807, 2.05) is 0 Å². The molecule has 84 valence electrons. The van der Waals surface area contributed by atoms with Gasteiger partial charge in [0.25, 0.3) is 0 Å². The van der Waals surface area contributed by atoms with Crippen molar-refractivity contribution in [2.75, 3.05) is 13.1 Å². The molecular weight excluding hydrogens is 191 g/mol. The van der Waals surface area contributed by atoms with Gasteiger partial charge in [0.05, 0.1) is 12.0 Å². The standard InChI is InChI=1S/C12H19FN2/c1-9(2)5-12-6-11(13)8-15(12)4-3-10(12)7-14/h9-11H,3-6,8H2,1-2H3/t10-,11-,12-/m1/s1. The molecule has 0 bridgehead atoms. The zero-order valence-corrected chi connectivity index (χ0v) is 9.54. The fourth-order valence-electron chi connectivity index (χ4n) is 3.47. The van der Waals surface area contributed by atoms with E-state index in [2.05, 4.69) is 24.8 Å². The number of halogens is 1. The van der Waals surface area contributed by atoms with Gasteiger partial charge in [-0.2, -0.15) is 5.26 Å². The van der Waals surface area contributed by atoms with E-state index in [0.717, 1.165) is 19.4 Å². The van der Waals surface area contributed by atoms with Gasteiger partial charge in [-0.05, 0) is 25.2 Å². The first-order valence-electron chi connectivity index (χ1n) is 5.87. The Morgan fingerprint density at radius 2 is 2.33 bits per heavy atom. The van der Waals surface area contributed by atoms with Crippen LogP contribution in [0.15, 0.2) is 0 Å². The normalized spacial score (nSPS) is 40.7. The summed E-state index contributed by atoms with van der Waals surface area (Å²) in [7, 11) is 0. The Balaban J connectivity index is 2.24. The first-order valence-corrected chi connectivity index (χ1v) is 5.87. The van der Waals surface area contributed by atoms with Crippen molar-refractivity contribution in [1.82, 2.24) is 4.90 Å². The molecule has 15 heavy (non-hydrogen) atoms. The third-order valence-corrected chi connectivity index (χ3v) is 3.88. The first kappa shape index (κ1) is 10.9. The maximum absolute atomic E-state index is 13.5. The minimum absolute atomic E-state index is 0.0423. The number of nitrogens with zero attached hydrogens (tertiary/aromatic N) is 2. The monoisotopic (exact) mass is 210 g/mol.